The van der Waals surface area contributed by atoms with Crippen LogP contribution in [0.4, 0.5) is 8.78 Å². The van der Waals surface area contributed by atoms with Gasteiger partial charge in [0.25, 0.3) is 0 Å². The van der Waals surface area contributed by atoms with E-state index in [0.717, 1.165) is 0 Å². The van der Waals surface area contributed by atoms with Crippen molar-refractivity contribution in [1.29, 1.82) is 0 Å². The van der Waals surface area contributed by atoms with Crippen molar-refractivity contribution in [3.05, 3.63) is 65.7 Å². The molecule has 19 heavy (non-hydrogen) atoms. The SMILES string of the molecule is O=C1c2ccccc2O[C@@](F)(c2ccccc2)[C@@H]1F. The van der Waals surface area contributed by atoms with Gasteiger partial charge in [-0.25, -0.2) is 4.39 Å². The Labute approximate surface area is 108 Å². The molecule has 4 heteroatoms. The quantitative estimate of drug-likeness (QED) is 0.785. The molecule has 0 amide bonds. The van der Waals surface area contributed by atoms with E-state index in [1.807, 2.05) is 0 Å². The Kier molecular flexibility index (Phi) is 2.59. The van der Waals surface area contributed by atoms with Crippen molar-refractivity contribution in [3.63, 3.8) is 0 Å². The van der Waals surface area contributed by atoms with Gasteiger partial charge in [-0.1, -0.05) is 42.5 Å². The Hall–Kier alpha value is -2.23. The zero-order valence-corrected chi connectivity index (χ0v) is 9.85. The summed E-state index contributed by atoms with van der Waals surface area (Å²) in [6, 6.07) is 13.7. The van der Waals surface area contributed by atoms with Gasteiger partial charge in [-0.15, -0.1) is 0 Å². The fourth-order valence-corrected chi connectivity index (χ4v) is 2.15. The molecule has 3 rings (SSSR count). The lowest BCUT2D eigenvalue weighted by molar-refractivity contribution is -0.120. The van der Waals surface area contributed by atoms with Crippen LogP contribution in [-0.2, 0) is 5.85 Å². The zero-order valence-electron chi connectivity index (χ0n) is 9.85. The van der Waals surface area contributed by atoms with Crippen molar-refractivity contribution in [3.8, 4) is 5.75 Å². The van der Waals surface area contributed by atoms with Crippen LogP contribution in [0.25, 0.3) is 0 Å². The van der Waals surface area contributed by atoms with E-state index in [-0.39, 0.29) is 16.9 Å². The number of halogens is 2. The van der Waals surface area contributed by atoms with Gasteiger partial charge in [0.05, 0.1) is 5.56 Å². The van der Waals surface area contributed by atoms with Crippen LogP contribution >= 0.6 is 0 Å². The molecule has 2 atom stereocenters. The number of Topliss-reactive ketones (excluding diaryl/α,β-unsaturated/α-hetero) is 1. The molecule has 0 aliphatic carbocycles. The predicted octanol–water partition coefficient (Wildman–Crippen LogP) is 3.42. The van der Waals surface area contributed by atoms with Crippen LogP contribution in [0.1, 0.15) is 15.9 Å². The molecule has 0 saturated heterocycles. The lowest BCUT2D eigenvalue weighted by atomic mass is 9.92. The first-order chi connectivity index (χ1) is 9.13. The predicted molar refractivity (Wildman–Crippen MR) is 65.5 cm³/mol. The van der Waals surface area contributed by atoms with Crippen molar-refractivity contribution >= 4 is 5.78 Å². The van der Waals surface area contributed by atoms with Crippen LogP contribution in [0.5, 0.6) is 5.75 Å². The van der Waals surface area contributed by atoms with Crippen LogP contribution in [0.3, 0.4) is 0 Å². The monoisotopic (exact) mass is 260 g/mol. The van der Waals surface area contributed by atoms with E-state index in [1.165, 1.54) is 24.3 Å². The van der Waals surface area contributed by atoms with Gasteiger partial charge < -0.3 is 4.74 Å². The number of carbonyl (C=O) groups excluding carboxylic acids is 1. The van der Waals surface area contributed by atoms with Crippen molar-refractivity contribution < 1.29 is 18.3 Å². The highest BCUT2D eigenvalue weighted by atomic mass is 19.2. The van der Waals surface area contributed by atoms with E-state index in [0.29, 0.717) is 0 Å². The minimum Gasteiger partial charge on any atom is -0.450 e. The number of carbonyl (C=O) groups is 1. The second-order valence-electron chi connectivity index (χ2n) is 4.34. The van der Waals surface area contributed by atoms with Gasteiger partial charge in [-0.2, -0.15) is 4.39 Å². The first kappa shape index (κ1) is 11.8. The number of fused-ring (bicyclic) bond motifs is 1. The lowest BCUT2D eigenvalue weighted by Gasteiger charge is -2.33. The average molecular weight is 260 g/mol. The standard InChI is InChI=1S/C15H10F2O2/c16-14-13(18)11-8-4-5-9-12(11)19-15(14,17)10-6-2-1-3-7-10/h1-9,14H/t14-,15+/m1/s1. The van der Waals surface area contributed by atoms with Crippen LogP contribution < -0.4 is 4.74 Å². The second-order valence-corrected chi connectivity index (χ2v) is 4.34. The van der Waals surface area contributed by atoms with Crippen molar-refractivity contribution in [2.75, 3.05) is 0 Å². The van der Waals surface area contributed by atoms with Gasteiger partial charge in [0.1, 0.15) is 5.75 Å². The van der Waals surface area contributed by atoms with Crippen LogP contribution in [0.15, 0.2) is 54.6 Å². The number of para-hydroxylation sites is 1. The molecule has 0 bridgehead atoms. The molecule has 96 valence electrons. The van der Waals surface area contributed by atoms with Gasteiger partial charge in [0, 0.05) is 5.56 Å². The summed E-state index contributed by atoms with van der Waals surface area (Å²) >= 11 is 0. The third-order valence-corrected chi connectivity index (χ3v) is 3.13. The first-order valence-corrected chi connectivity index (χ1v) is 5.83. The Morgan fingerprint density at radius 1 is 1.00 bits per heavy atom. The Bertz CT molecular complexity index is 627. The number of ether oxygens (including phenoxy) is 1. The molecule has 1 aliphatic rings. The van der Waals surface area contributed by atoms with E-state index in [9.17, 15) is 13.6 Å². The largest absolute Gasteiger partial charge is 0.450 e. The number of hydrogen-bond donors (Lipinski definition) is 0. The molecule has 2 nitrogen and oxygen atoms in total. The first-order valence-electron chi connectivity index (χ1n) is 5.83. The third kappa shape index (κ3) is 1.71. The number of ketones is 1. The fraction of sp³-hybridized carbons (Fsp3) is 0.133. The summed E-state index contributed by atoms with van der Waals surface area (Å²) < 4.78 is 34.1. The average Bonchev–Trinajstić information content (AvgIpc) is 2.46. The summed E-state index contributed by atoms with van der Waals surface area (Å²) in [6.07, 6.45) is -2.37. The van der Waals surface area contributed by atoms with Gasteiger partial charge in [0.2, 0.25) is 12.0 Å². The maximum Gasteiger partial charge on any atom is 0.312 e. The molecule has 0 radical (unpaired) electrons. The van der Waals surface area contributed by atoms with Crippen molar-refractivity contribution in [2.24, 2.45) is 0 Å². The van der Waals surface area contributed by atoms with Crippen LogP contribution in [0, 0.1) is 0 Å². The lowest BCUT2D eigenvalue weighted by Crippen LogP contribution is -2.46. The minimum atomic E-state index is -2.77. The molecule has 2 aromatic carbocycles. The summed E-state index contributed by atoms with van der Waals surface area (Å²) in [5.41, 5.74) is 0.0598. The van der Waals surface area contributed by atoms with Crippen LogP contribution in [0.2, 0.25) is 0 Å². The number of benzene rings is 2. The second kappa shape index (κ2) is 4.16. The summed E-state index contributed by atoms with van der Waals surface area (Å²) in [4.78, 5) is 11.9. The Morgan fingerprint density at radius 2 is 1.63 bits per heavy atom. The summed E-state index contributed by atoms with van der Waals surface area (Å²) in [5.74, 6) is -3.60. The number of alkyl halides is 2. The van der Waals surface area contributed by atoms with Gasteiger partial charge in [0.15, 0.2) is 0 Å². The highest BCUT2D eigenvalue weighted by molar-refractivity contribution is 6.03. The van der Waals surface area contributed by atoms with Gasteiger partial charge >= 0.3 is 5.85 Å². The molecular formula is C15H10F2O2. The number of hydrogen-bond acceptors (Lipinski definition) is 2. The maximum absolute atomic E-state index is 14.8. The minimum absolute atomic E-state index is 0.00893. The molecule has 0 saturated carbocycles. The zero-order chi connectivity index (χ0) is 13.5. The normalized spacial score (nSPS) is 25.6. The summed E-state index contributed by atoms with van der Waals surface area (Å²) in [6.45, 7) is 0. The van der Waals surface area contributed by atoms with E-state index in [2.05, 4.69) is 0 Å². The molecular weight excluding hydrogens is 250 g/mol. The number of rotatable bonds is 1. The molecule has 1 aliphatic heterocycles. The summed E-state index contributed by atoms with van der Waals surface area (Å²) in [5, 5.41) is 0. The van der Waals surface area contributed by atoms with Gasteiger partial charge in [-0.3, -0.25) is 4.79 Å². The molecule has 0 unspecified atom stereocenters. The molecule has 0 aromatic heterocycles. The van der Waals surface area contributed by atoms with Crippen molar-refractivity contribution in [2.45, 2.75) is 12.0 Å². The fourth-order valence-electron chi connectivity index (χ4n) is 2.15. The highest BCUT2D eigenvalue weighted by Gasteiger charge is 2.52. The van der Waals surface area contributed by atoms with E-state index in [1.54, 1.807) is 30.3 Å². The Morgan fingerprint density at radius 3 is 2.37 bits per heavy atom. The Balaban J connectivity index is 2.13. The van der Waals surface area contributed by atoms with Crippen LogP contribution in [-0.4, -0.2) is 12.0 Å². The van der Waals surface area contributed by atoms with E-state index in [4.69, 9.17) is 4.74 Å². The van der Waals surface area contributed by atoms with E-state index < -0.39 is 17.8 Å². The molecule has 0 N–H and O–H groups in total. The third-order valence-electron chi connectivity index (χ3n) is 3.13. The molecule has 1 heterocycles. The molecule has 0 fully saturated rings. The molecule has 0 spiro atoms. The molecule has 2 aromatic rings. The summed E-state index contributed by atoms with van der Waals surface area (Å²) in [7, 11) is 0. The topological polar surface area (TPSA) is 26.3 Å². The highest BCUT2D eigenvalue weighted by Crippen LogP contribution is 2.42. The smallest absolute Gasteiger partial charge is 0.312 e. The maximum atomic E-state index is 14.8. The van der Waals surface area contributed by atoms with Gasteiger partial charge in [-0.05, 0) is 12.1 Å². The van der Waals surface area contributed by atoms with E-state index >= 15 is 0 Å². The van der Waals surface area contributed by atoms with Crippen molar-refractivity contribution in [1.82, 2.24) is 0 Å².